The van der Waals surface area contributed by atoms with E-state index >= 15 is 0 Å². The van der Waals surface area contributed by atoms with Gasteiger partial charge in [-0.3, -0.25) is 0 Å². The summed E-state index contributed by atoms with van der Waals surface area (Å²) in [7, 11) is 0. The SMILES string of the molecule is Clc1cc(NCc2cc(-c3ccccc3)cs2)ccn1. The number of aromatic nitrogens is 1. The fraction of sp³-hybridized carbons (Fsp3) is 0.0625. The van der Waals surface area contributed by atoms with Crippen molar-refractivity contribution in [3.05, 3.63) is 70.1 Å². The van der Waals surface area contributed by atoms with Crippen LogP contribution in [0.15, 0.2) is 60.1 Å². The van der Waals surface area contributed by atoms with E-state index < -0.39 is 0 Å². The standard InChI is InChI=1S/C16H13ClN2S/c17-16-9-14(6-7-18-16)19-10-15-8-13(11-20-15)12-4-2-1-3-5-12/h1-9,11H,10H2,(H,18,19). The van der Waals surface area contributed by atoms with Gasteiger partial charge in [0, 0.05) is 23.3 Å². The molecule has 1 N–H and O–H groups in total. The van der Waals surface area contributed by atoms with Gasteiger partial charge >= 0.3 is 0 Å². The molecule has 0 atom stereocenters. The highest BCUT2D eigenvalue weighted by Gasteiger charge is 2.02. The van der Waals surface area contributed by atoms with Gasteiger partial charge in [-0.2, -0.15) is 0 Å². The van der Waals surface area contributed by atoms with Gasteiger partial charge in [0.05, 0.1) is 0 Å². The highest BCUT2D eigenvalue weighted by Crippen LogP contribution is 2.26. The molecule has 100 valence electrons. The normalized spacial score (nSPS) is 10.4. The minimum Gasteiger partial charge on any atom is -0.380 e. The Balaban J connectivity index is 1.69. The van der Waals surface area contributed by atoms with Gasteiger partial charge < -0.3 is 5.32 Å². The summed E-state index contributed by atoms with van der Waals surface area (Å²) in [6, 6.07) is 16.4. The van der Waals surface area contributed by atoms with Crippen LogP contribution >= 0.6 is 22.9 Å². The number of hydrogen-bond donors (Lipinski definition) is 1. The first-order valence-electron chi connectivity index (χ1n) is 6.29. The molecule has 2 aromatic heterocycles. The molecular formula is C16H13ClN2S. The molecule has 1 aromatic carbocycles. The van der Waals surface area contributed by atoms with E-state index in [1.54, 1.807) is 17.5 Å². The Morgan fingerprint density at radius 1 is 1.05 bits per heavy atom. The van der Waals surface area contributed by atoms with E-state index in [1.165, 1.54) is 16.0 Å². The fourth-order valence-corrected chi connectivity index (χ4v) is 2.96. The summed E-state index contributed by atoms with van der Waals surface area (Å²) >= 11 is 7.62. The summed E-state index contributed by atoms with van der Waals surface area (Å²) in [4.78, 5) is 5.26. The van der Waals surface area contributed by atoms with Crippen LogP contribution in [0.5, 0.6) is 0 Å². The lowest BCUT2D eigenvalue weighted by Crippen LogP contribution is -1.97. The van der Waals surface area contributed by atoms with E-state index in [0.717, 1.165) is 12.2 Å². The van der Waals surface area contributed by atoms with E-state index in [-0.39, 0.29) is 0 Å². The molecular weight excluding hydrogens is 288 g/mol. The second kappa shape index (κ2) is 6.07. The fourth-order valence-electron chi connectivity index (χ4n) is 1.96. The van der Waals surface area contributed by atoms with E-state index in [4.69, 9.17) is 11.6 Å². The number of halogens is 1. The highest BCUT2D eigenvalue weighted by molar-refractivity contribution is 7.10. The van der Waals surface area contributed by atoms with Crippen LogP contribution in [-0.2, 0) is 6.54 Å². The third kappa shape index (κ3) is 3.18. The zero-order valence-electron chi connectivity index (χ0n) is 10.7. The third-order valence-electron chi connectivity index (χ3n) is 2.95. The first-order valence-corrected chi connectivity index (χ1v) is 7.55. The van der Waals surface area contributed by atoms with Gasteiger partial charge in [-0.15, -0.1) is 11.3 Å². The molecule has 0 spiro atoms. The van der Waals surface area contributed by atoms with Crippen molar-refractivity contribution in [2.75, 3.05) is 5.32 Å². The van der Waals surface area contributed by atoms with Crippen molar-refractivity contribution in [1.82, 2.24) is 4.98 Å². The molecule has 0 radical (unpaired) electrons. The van der Waals surface area contributed by atoms with E-state index in [1.807, 2.05) is 18.2 Å². The van der Waals surface area contributed by atoms with Crippen molar-refractivity contribution in [1.29, 1.82) is 0 Å². The Kier molecular flexibility index (Phi) is 4.00. The summed E-state index contributed by atoms with van der Waals surface area (Å²) < 4.78 is 0. The van der Waals surface area contributed by atoms with Crippen LogP contribution in [0.1, 0.15) is 4.88 Å². The lowest BCUT2D eigenvalue weighted by molar-refractivity contribution is 1.18. The molecule has 3 rings (SSSR count). The third-order valence-corrected chi connectivity index (χ3v) is 4.10. The van der Waals surface area contributed by atoms with Gasteiger partial charge in [0.25, 0.3) is 0 Å². The molecule has 0 fully saturated rings. The number of anilines is 1. The maximum Gasteiger partial charge on any atom is 0.131 e. The molecule has 0 amide bonds. The molecule has 2 heterocycles. The number of nitrogens with one attached hydrogen (secondary N) is 1. The topological polar surface area (TPSA) is 24.9 Å². The molecule has 20 heavy (non-hydrogen) atoms. The van der Waals surface area contributed by atoms with Gasteiger partial charge in [0.15, 0.2) is 0 Å². The molecule has 0 aliphatic carbocycles. The average molecular weight is 301 g/mol. The van der Waals surface area contributed by atoms with E-state index in [2.05, 4.69) is 46.0 Å². The summed E-state index contributed by atoms with van der Waals surface area (Å²) in [5, 5.41) is 6.04. The average Bonchev–Trinajstić information content (AvgIpc) is 2.95. The molecule has 0 aliphatic heterocycles. The smallest absolute Gasteiger partial charge is 0.131 e. The molecule has 2 nitrogen and oxygen atoms in total. The first-order chi connectivity index (χ1) is 9.81. The van der Waals surface area contributed by atoms with Crippen molar-refractivity contribution < 1.29 is 0 Å². The van der Waals surface area contributed by atoms with Crippen molar-refractivity contribution in [2.45, 2.75) is 6.54 Å². The summed E-state index contributed by atoms with van der Waals surface area (Å²) in [6.07, 6.45) is 1.70. The molecule has 3 aromatic rings. The van der Waals surface area contributed by atoms with E-state index in [9.17, 15) is 0 Å². The van der Waals surface area contributed by atoms with E-state index in [0.29, 0.717) is 5.15 Å². The zero-order chi connectivity index (χ0) is 13.8. The van der Waals surface area contributed by atoms with Crippen LogP contribution in [0.3, 0.4) is 0 Å². The lowest BCUT2D eigenvalue weighted by atomic mass is 10.1. The maximum atomic E-state index is 5.86. The monoisotopic (exact) mass is 300 g/mol. The van der Waals surface area contributed by atoms with Crippen molar-refractivity contribution in [2.24, 2.45) is 0 Å². The Hall–Kier alpha value is -1.84. The van der Waals surface area contributed by atoms with Crippen molar-refractivity contribution in [3.8, 4) is 11.1 Å². The molecule has 0 bridgehead atoms. The van der Waals surface area contributed by atoms with Crippen LogP contribution < -0.4 is 5.32 Å². The minimum atomic E-state index is 0.506. The quantitative estimate of drug-likeness (QED) is 0.680. The molecule has 0 saturated carbocycles. The van der Waals surface area contributed by atoms with Gasteiger partial charge in [-0.1, -0.05) is 41.9 Å². The Morgan fingerprint density at radius 3 is 2.70 bits per heavy atom. The molecule has 0 saturated heterocycles. The zero-order valence-corrected chi connectivity index (χ0v) is 12.3. The predicted molar refractivity (Wildman–Crippen MR) is 86.3 cm³/mol. The number of rotatable bonds is 4. The highest BCUT2D eigenvalue weighted by atomic mass is 35.5. The Labute approximate surface area is 127 Å². The molecule has 4 heteroatoms. The summed E-state index contributed by atoms with van der Waals surface area (Å²) in [6.45, 7) is 0.790. The second-order valence-corrected chi connectivity index (χ2v) is 5.77. The molecule has 0 aliphatic rings. The van der Waals surface area contributed by atoms with Gasteiger partial charge in [-0.05, 0) is 34.7 Å². The van der Waals surface area contributed by atoms with Gasteiger partial charge in [-0.25, -0.2) is 4.98 Å². The number of hydrogen-bond acceptors (Lipinski definition) is 3. The first kappa shape index (κ1) is 13.2. The van der Waals surface area contributed by atoms with Crippen LogP contribution in [0.2, 0.25) is 5.15 Å². The lowest BCUT2D eigenvalue weighted by Gasteiger charge is -2.04. The summed E-state index contributed by atoms with van der Waals surface area (Å²) in [5.74, 6) is 0. The predicted octanol–water partition coefficient (Wildman–Crippen LogP) is 5.08. The number of pyridine rings is 1. The van der Waals surface area contributed by atoms with Gasteiger partial charge in [0.1, 0.15) is 5.15 Å². The van der Waals surface area contributed by atoms with Crippen molar-refractivity contribution >= 4 is 28.6 Å². The van der Waals surface area contributed by atoms with Crippen LogP contribution in [0.25, 0.3) is 11.1 Å². The Bertz CT molecular complexity index is 694. The minimum absolute atomic E-state index is 0.506. The number of benzene rings is 1. The van der Waals surface area contributed by atoms with Crippen molar-refractivity contribution in [3.63, 3.8) is 0 Å². The van der Waals surface area contributed by atoms with Gasteiger partial charge in [0.2, 0.25) is 0 Å². The second-order valence-electron chi connectivity index (χ2n) is 4.39. The van der Waals surface area contributed by atoms with Crippen LogP contribution in [-0.4, -0.2) is 4.98 Å². The van der Waals surface area contributed by atoms with Crippen LogP contribution in [0.4, 0.5) is 5.69 Å². The molecule has 0 unspecified atom stereocenters. The maximum absolute atomic E-state index is 5.86. The van der Waals surface area contributed by atoms with Crippen LogP contribution in [0, 0.1) is 0 Å². The number of thiophene rings is 1. The number of nitrogens with zero attached hydrogens (tertiary/aromatic N) is 1. The Morgan fingerprint density at radius 2 is 1.90 bits per heavy atom. The summed E-state index contributed by atoms with van der Waals surface area (Å²) in [5.41, 5.74) is 3.50. The largest absolute Gasteiger partial charge is 0.380 e.